The molecule has 0 aromatic carbocycles. The molecule has 21 heavy (non-hydrogen) atoms. The highest BCUT2D eigenvalue weighted by Gasteiger charge is 2.25. The molecule has 0 saturated heterocycles. The number of hydrogen-bond donors (Lipinski definition) is 0. The Morgan fingerprint density at radius 3 is 2.86 bits per heavy atom. The number of aromatic nitrogens is 3. The van der Waals surface area contributed by atoms with E-state index in [4.69, 9.17) is 23.2 Å². The quantitative estimate of drug-likeness (QED) is 0.725. The number of fused-ring (bicyclic) bond motifs is 1. The lowest BCUT2D eigenvalue weighted by Crippen LogP contribution is -2.23. The lowest BCUT2D eigenvalue weighted by molar-refractivity contribution is 0.228. The molecule has 3 unspecified atom stereocenters. The van der Waals surface area contributed by atoms with Crippen LogP contribution in [0.25, 0.3) is 11.2 Å². The van der Waals surface area contributed by atoms with E-state index < -0.39 is 0 Å². The minimum Gasteiger partial charge on any atom is -0.311 e. The van der Waals surface area contributed by atoms with Crippen molar-refractivity contribution in [2.24, 2.45) is 11.8 Å². The lowest BCUT2D eigenvalue weighted by Gasteiger charge is -2.29. The number of hydrogen-bond acceptors (Lipinski definition) is 2. The molecule has 0 bridgehead atoms. The van der Waals surface area contributed by atoms with Crippen molar-refractivity contribution < 1.29 is 0 Å². The average molecular weight is 326 g/mol. The fourth-order valence-corrected chi connectivity index (χ4v) is 3.71. The minimum atomic E-state index is -0.128. The third-order valence-electron chi connectivity index (χ3n) is 4.64. The Bertz CT molecular complexity index is 636. The van der Waals surface area contributed by atoms with Gasteiger partial charge in [0.1, 0.15) is 11.3 Å². The summed E-state index contributed by atoms with van der Waals surface area (Å²) in [5.41, 5.74) is 1.74. The van der Waals surface area contributed by atoms with Gasteiger partial charge in [0.15, 0.2) is 5.65 Å². The molecular formula is C16H21Cl2N3. The van der Waals surface area contributed by atoms with Crippen molar-refractivity contribution in [3.63, 3.8) is 0 Å². The summed E-state index contributed by atoms with van der Waals surface area (Å²) in [6.45, 7) is 5.28. The number of halogens is 2. The van der Waals surface area contributed by atoms with E-state index in [1.807, 2.05) is 13.0 Å². The van der Waals surface area contributed by atoms with E-state index in [9.17, 15) is 0 Å². The zero-order valence-electron chi connectivity index (χ0n) is 12.5. The molecule has 114 valence electrons. The minimum absolute atomic E-state index is 0.128. The summed E-state index contributed by atoms with van der Waals surface area (Å²) in [7, 11) is 0. The zero-order chi connectivity index (χ0) is 15.0. The van der Waals surface area contributed by atoms with Crippen molar-refractivity contribution in [2.45, 2.75) is 51.5 Å². The summed E-state index contributed by atoms with van der Waals surface area (Å²) in [4.78, 5) is 9.13. The van der Waals surface area contributed by atoms with Crippen LogP contribution in [0, 0.1) is 11.8 Å². The number of imidazole rings is 1. The Hall–Kier alpha value is -0.800. The standard InChI is InChI=1S/C16H21Cl2N3/c1-10-5-3-4-6-12(10)9-21-15(11(2)17)20-14-7-13(18)8-19-16(14)21/h7-8,10-12H,3-6,9H2,1-2H3. The van der Waals surface area contributed by atoms with Gasteiger partial charge in [-0.15, -0.1) is 11.6 Å². The molecule has 3 atom stereocenters. The van der Waals surface area contributed by atoms with Gasteiger partial charge in [0.25, 0.3) is 0 Å². The molecule has 1 aliphatic carbocycles. The largest absolute Gasteiger partial charge is 0.311 e. The van der Waals surface area contributed by atoms with Crippen LogP contribution in [0.15, 0.2) is 12.3 Å². The predicted molar refractivity (Wildman–Crippen MR) is 87.9 cm³/mol. The van der Waals surface area contributed by atoms with E-state index in [0.717, 1.165) is 29.5 Å². The maximum absolute atomic E-state index is 6.33. The van der Waals surface area contributed by atoms with Crippen molar-refractivity contribution in [1.29, 1.82) is 0 Å². The SMILES string of the molecule is CC(Cl)c1nc2cc(Cl)cnc2n1CC1CCCCC1C. The van der Waals surface area contributed by atoms with Crippen LogP contribution in [-0.4, -0.2) is 14.5 Å². The van der Waals surface area contributed by atoms with Gasteiger partial charge in [-0.3, -0.25) is 0 Å². The van der Waals surface area contributed by atoms with Gasteiger partial charge in [0, 0.05) is 12.7 Å². The summed E-state index contributed by atoms with van der Waals surface area (Å²) in [6.07, 6.45) is 6.98. The second-order valence-corrected chi connectivity index (χ2v) is 7.31. The third-order valence-corrected chi connectivity index (χ3v) is 5.04. The van der Waals surface area contributed by atoms with Gasteiger partial charge >= 0.3 is 0 Å². The van der Waals surface area contributed by atoms with Crippen molar-refractivity contribution in [3.05, 3.63) is 23.1 Å². The van der Waals surface area contributed by atoms with Crippen molar-refractivity contribution >= 4 is 34.4 Å². The van der Waals surface area contributed by atoms with Crippen molar-refractivity contribution in [3.8, 4) is 0 Å². The Kier molecular flexibility index (Phi) is 4.41. The summed E-state index contributed by atoms with van der Waals surface area (Å²) >= 11 is 12.4. The summed E-state index contributed by atoms with van der Waals surface area (Å²) in [6, 6.07) is 1.87. The van der Waals surface area contributed by atoms with E-state index in [1.54, 1.807) is 6.20 Å². The number of nitrogens with zero attached hydrogens (tertiary/aromatic N) is 3. The Labute approximate surface area is 135 Å². The highest BCUT2D eigenvalue weighted by atomic mass is 35.5. The first kappa shape index (κ1) is 15.1. The van der Waals surface area contributed by atoms with E-state index >= 15 is 0 Å². The second-order valence-electron chi connectivity index (χ2n) is 6.21. The summed E-state index contributed by atoms with van der Waals surface area (Å²) in [5.74, 6) is 2.34. The molecule has 1 fully saturated rings. The molecule has 0 N–H and O–H groups in total. The van der Waals surface area contributed by atoms with E-state index in [-0.39, 0.29) is 5.38 Å². The molecule has 0 aliphatic heterocycles. The molecule has 2 aromatic rings. The van der Waals surface area contributed by atoms with Crippen LogP contribution in [0.4, 0.5) is 0 Å². The van der Waals surface area contributed by atoms with Crippen molar-refractivity contribution in [1.82, 2.24) is 14.5 Å². The maximum atomic E-state index is 6.33. The Balaban J connectivity index is 2.00. The first-order chi connectivity index (χ1) is 10.1. The van der Waals surface area contributed by atoms with Gasteiger partial charge in [-0.2, -0.15) is 0 Å². The Morgan fingerprint density at radius 2 is 2.14 bits per heavy atom. The highest BCUT2D eigenvalue weighted by Crippen LogP contribution is 2.33. The topological polar surface area (TPSA) is 30.7 Å². The molecule has 1 saturated carbocycles. The lowest BCUT2D eigenvalue weighted by atomic mass is 9.80. The van der Waals surface area contributed by atoms with Gasteiger partial charge in [0.2, 0.25) is 0 Å². The molecule has 0 spiro atoms. The summed E-state index contributed by atoms with van der Waals surface area (Å²) < 4.78 is 2.20. The fourth-order valence-electron chi connectivity index (χ4n) is 3.39. The van der Waals surface area contributed by atoms with Crippen LogP contribution in [0.3, 0.4) is 0 Å². The zero-order valence-corrected chi connectivity index (χ0v) is 14.0. The molecule has 3 rings (SSSR count). The van der Waals surface area contributed by atoms with Crippen LogP contribution in [0.5, 0.6) is 0 Å². The second kappa shape index (κ2) is 6.13. The van der Waals surface area contributed by atoms with E-state index in [0.29, 0.717) is 10.9 Å². The molecular weight excluding hydrogens is 305 g/mol. The normalized spacial score (nSPS) is 24.4. The van der Waals surface area contributed by atoms with Gasteiger partial charge < -0.3 is 4.57 Å². The average Bonchev–Trinajstić information content (AvgIpc) is 2.79. The molecule has 5 heteroatoms. The first-order valence-corrected chi connectivity index (χ1v) is 8.53. The highest BCUT2D eigenvalue weighted by molar-refractivity contribution is 6.31. The van der Waals surface area contributed by atoms with Crippen LogP contribution < -0.4 is 0 Å². The molecule has 2 heterocycles. The van der Waals surface area contributed by atoms with E-state index in [2.05, 4.69) is 21.5 Å². The van der Waals surface area contributed by atoms with Crippen molar-refractivity contribution in [2.75, 3.05) is 0 Å². The smallest absolute Gasteiger partial charge is 0.160 e. The summed E-state index contributed by atoms with van der Waals surface area (Å²) in [5, 5.41) is 0.490. The predicted octanol–water partition coefficient (Wildman–Crippen LogP) is 5.21. The monoisotopic (exact) mass is 325 g/mol. The van der Waals surface area contributed by atoms with Crippen LogP contribution >= 0.6 is 23.2 Å². The molecule has 2 aromatic heterocycles. The molecule has 1 aliphatic rings. The molecule has 0 radical (unpaired) electrons. The van der Waals surface area contributed by atoms with Gasteiger partial charge in [-0.1, -0.05) is 37.8 Å². The number of rotatable bonds is 3. The fraction of sp³-hybridized carbons (Fsp3) is 0.625. The van der Waals surface area contributed by atoms with Gasteiger partial charge in [-0.05, 0) is 31.2 Å². The van der Waals surface area contributed by atoms with Crippen LogP contribution in [0.1, 0.15) is 50.7 Å². The first-order valence-electron chi connectivity index (χ1n) is 7.72. The van der Waals surface area contributed by atoms with Gasteiger partial charge in [-0.25, -0.2) is 9.97 Å². The maximum Gasteiger partial charge on any atom is 0.160 e. The van der Waals surface area contributed by atoms with Crippen LogP contribution in [0.2, 0.25) is 5.02 Å². The number of alkyl halides is 1. The van der Waals surface area contributed by atoms with Gasteiger partial charge in [0.05, 0.1) is 10.4 Å². The third kappa shape index (κ3) is 3.04. The molecule has 0 amide bonds. The number of pyridine rings is 1. The van der Waals surface area contributed by atoms with Crippen LogP contribution in [-0.2, 0) is 6.54 Å². The molecule has 3 nitrogen and oxygen atoms in total. The Morgan fingerprint density at radius 1 is 1.38 bits per heavy atom. The van der Waals surface area contributed by atoms with E-state index in [1.165, 1.54) is 25.7 Å².